The predicted octanol–water partition coefficient (Wildman–Crippen LogP) is 3.38. The molecule has 0 atom stereocenters. The lowest BCUT2D eigenvalue weighted by Crippen LogP contribution is -2.33. The molecule has 1 fully saturated rings. The number of aliphatic imine (C=N–C) groups is 1. The summed E-state index contributed by atoms with van der Waals surface area (Å²) in [6.45, 7) is 6.11. The van der Waals surface area contributed by atoms with E-state index in [1.54, 1.807) is 18.9 Å². The Morgan fingerprint density at radius 3 is 2.79 bits per heavy atom. The van der Waals surface area contributed by atoms with Crippen molar-refractivity contribution in [1.82, 2.24) is 10.6 Å². The Balaban J connectivity index is 1.96. The first kappa shape index (κ1) is 20.4. The summed E-state index contributed by atoms with van der Waals surface area (Å²) in [7, 11) is 0. The van der Waals surface area contributed by atoms with E-state index in [0.717, 1.165) is 23.6 Å². The number of Topliss-reactive ketones (excluding diaryl/α,β-unsaturated/α-hetero) is 1. The Bertz CT molecular complexity index is 974. The molecule has 6 nitrogen and oxygen atoms in total. The molecule has 0 bridgehead atoms. The smallest absolute Gasteiger partial charge is 0.155 e. The number of anilines is 1. The molecule has 0 aromatic heterocycles. The number of allylic oxidation sites excluding steroid dienone is 4. The molecule has 0 amide bonds. The molecule has 1 saturated carbocycles. The van der Waals surface area contributed by atoms with Crippen LogP contribution in [0.1, 0.15) is 32.3 Å². The van der Waals surface area contributed by atoms with Crippen molar-refractivity contribution in [2.24, 2.45) is 10.9 Å². The summed E-state index contributed by atoms with van der Waals surface area (Å²) in [5, 5.41) is 9.96. The number of nitrogens with one attached hydrogen (secondary N) is 3. The number of carbonyl (C=O) groups is 1. The zero-order valence-electron chi connectivity index (χ0n) is 17.0. The highest BCUT2D eigenvalue weighted by molar-refractivity contribution is 6.05. The van der Waals surface area contributed by atoms with Crippen LogP contribution in [-0.2, 0) is 9.59 Å². The fourth-order valence-corrected chi connectivity index (χ4v) is 2.80. The van der Waals surface area contributed by atoms with Gasteiger partial charge in [0.05, 0.1) is 0 Å². The van der Waals surface area contributed by atoms with E-state index in [-0.39, 0.29) is 5.78 Å². The first-order valence-electron chi connectivity index (χ1n) is 9.74. The van der Waals surface area contributed by atoms with Crippen LogP contribution in [0.5, 0.6) is 0 Å². The number of aryl methyl sites for hydroxylation is 1. The average molecular weight is 390 g/mol. The third kappa shape index (κ3) is 6.06. The molecule has 6 heteroatoms. The molecule has 1 aliphatic heterocycles. The monoisotopic (exact) mass is 390 g/mol. The van der Waals surface area contributed by atoms with Gasteiger partial charge in [0.25, 0.3) is 0 Å². The SMILES string of the molecule is CC(=O)/C(C)=C/C(C=C=O)=C1\N=C(Nc2cccc(C)c2)C=C(NCC2CC2)N1. The molecule has 3 rings (SSSR count). The van der Waals surface area contributed by atoms with E-state index >= 15 is 0 Å². The highest BCUT2D eigenvalue weighted by atomic mass is 16.1. The molecule has 0 radical (unpaired) electrons. The quantitative estimate of drug-likeness (QED) is 0.491. The summed E-state index contributed by atoms with van der Waals surface area (Å²) < 4.78 is 0. The Morgan fingerprint density at radius 2 is 2.14 bits per heavy atom. The zero-order valence-corrected chi connectivity index (χ0v) is 17.0. The molecule has 0 spiro atoms. The number of amidine groups is 1. The standard InChI is InChI=1S/C23H26N4O2/c1-15-5-4-6-20(11-15)25-22-13-21(24-14-18-7-8-18)26-23(27-22)19(9-10-28)12-16(2)17(3)29/h4-6,9,11-13,18,24,26H,7-8,14H2,1-3H3,(H,25,27)/b16-12+,23-19-. The van der Waals surface area contributed by atoms with Crippen molar-refractivity contribution in [2.45, 2.75) is 33.6 Å². The van der Waals surface area contributed by atoms with Crippen LogP contribution in [0, 0.1) is 12.8 Å². The first-order valence-corrected chi connectivity index (χ1v) is 9.74. The van der Waals surface area contributed by atoms with Gasteiger partial charge in [0.1, 0.15) is 23.4 Å². The van der Waals surface area contributed by atoms with Crippen molar-refractivity contribution < 1.29 is 9.59 Å². The van der Waals surface area contributed by atoms with Gasteiger partial charge in [0, 0.05) is 30.0 Å². The van der Waals surface area contributed by atoms with Crippen LogP contribution < -0.4 is 16.0 Å². The molecular weight excluding hydrogens is 364 g/mol. The van der Waals surface area contributed by atoms with Crippen molar-refractivity contribution in [2.75, 3.05) is 11.9 Å². The van der Waals surface area contributed by atoms with E-state index in [1.165, 1.54) is 25.8 Å². The van der Waals surface area contributed by atoms with Crippen LogP contribution in [-0.4, -0.2) is 24.1 Å². The van der Waals surface area contributed by atoms with Crippen molar-refractivity contribution >= 4 is 23.2 Å². The van der Waals surface area contributed by atoms with E-state index in [1.807, 2.05) is 37.3 Å². The zero-order chi connectivity index (χ0) is 20.8. The van der Waals surface area contributed by atoms with Crippen molar-refractivity contribution in [3.8, 4) is 0 Å². The average Bonchev–Trinajstić information content (AvgIpc) is 3.50. The van der Waals surface area contributed by atoms with Crippen LogP contribution in [0.3, 0.4) is 0 Å². The minimum Gasteiger partial charge on any atom is -0.371 e. The second-order valence-electron chi connectivity index (χ2n) is 7.45. The van der Waals surface area contributed by atoms with Crippen LogP contribution >= 0.6 is 0 Å². The Hall–Kier alpha value is -3.37. The Labute approximate surface area is 171 Å². The number of rotatable bonds is 7. The lowest BCUT2D eigenvalue weighted by atomic mass is 10.1. The summed E-state index contributed by atoms with van der Waals surface area (Å²) >= 11 is 0. The largest absolute Gasteiger partial charge is 0.371 e. The minimum absolute atomic E-state index is 0.0667. The van der Waals surface area contributed by atoms with Gasteiger partial charge in [-0.1, -0.05) is 12.1 Å². The Kier molecular flexibility index (Phi) is 6.47. The maximum Gasteiger partial charge on any atom is 0.155 e. The van der Waals surface area contributed by atoms with E-state index in [9.17, 15) is 9.59 Å². The van der Waals surface area contributed by atoms with Gasteiger partial charge in [-0.2, -0.15) is 0 Å². The fourth-order valence-electron chi connectivity index (χ4n) is 2.80. The van der Waals surface area contributed by atoms with Gasteiger partial charge in [0.15, 0.2) is 5.78 Å². The van der Waals surface area contributed by atoms with Crippen LogP contribution in [0.2, 0.25) is 0 Å². The van der Waals surface area contributed by atoms with Gasteiger partial charge in [-0.15, -0.1) is 0 Å². The van der Waals surface area contributed by atoms with Crippen molar-refractivity contribution in [3.05, 3.63) is 70.8 Å². The van der Waals surface area contributed by atoms with Gasteiger partial charge >= 0.3 is 0 Å². The molecule has 1 aromatic carbocycles. The lowest BCUT2D eigenvalue weighted by molar-refractivity contribution is -0.113. The molecule has 1 aliphatic carbocycles. The van der Waals surface area contributed by atoms with Crippen LogP contribution in [0.4, 0.5) is 5.69 Å². The molecular formula is C23H26N4O2. The molecule has 150 valence electrons. The number of hydrogen-bond acceptors (Lipinski definition) is 6. The summed E-state index contributed by atoms with van der Waals surface area (Å²) in [5.74, 6) is 4.34. The Morgan fingerprint density at radius 1 is 1.34 bits per heavy atom. The fraction of sp³-hybridized carbons (Fsp3) is 0.304. The van der Waals surface area contributed by atoms with E-state index in [0.29, 0.717) is 28.7 Å². The van der Waals surface area contributed by atoms with E-state index in [2.05, 4.69) is 20.9 Å². The molecule has 29 heavy (non-hydrogen) atoms. The summed E-state index contributed by atoms with van der Waals surface area (Å²) in [6, 6.07) is 8.01. The van der Waals surface area contributed by atoms with Gasteiger partial charge in [0.2, 0.25) is 0 Å². The minimum atomic E-state index is -0.0667. The van der Waals surface area contributed by atoms with Crippen molar-refractivity contribution in [3.63, 3.8) is 0 Å². The summed E-state index contributed by atoms with van der Waals surface area (Å²) in [4.78, 5) is 27.4. The molecule has 1 aromatic rings. The maximum absolute atomic E-state index is 11.7. The van der Waals surface area contributed by atoms with E-state index < -0.39 is 0 Å². The number of carbonyl (C=O) groups excluding carboxylic acids is 2. The molecule has 2 aliphatic rings. The second kappa shape index (κ2) is 9.22. The summed E-state index contributed by atoms with van der Waals surface area (Å²) in [6.07, 6.45) is 7.31. The number of nitrogens with zero attached hydrogens (tertiary/aromatic N) is 1. The molecule has 0 saturated heterocycles. The number of hydrogen-bond donors (Lipinski definition) is 3. The van der Waals surface area contributed by atoms with Gasteiger partial charge in [-0.25, -0.2) is 9.79 Å². The second-order valence-corrected chi connectivity index (χ2v) is 7.45. The third-order valence-corrected chi connectivity index (χ3v) is 4.75. The van der Waals surface area contributed by atoms with Gasteiger partial charge < -0.3 is 16.0 Å². The maximum atomic E-state index is 11.7. The highest BCUT2D eigenvalue weighted by Crippen LogP contribution is 2.28. The van der Waals surface area contributed by atoms with E-state index in [4.69, 9.17) is 0 Å². The predicted molar refractivity (Wildman–Crippen MR) is 116 cm³/mol. The summed E-state index contributed by atoms with van der Waals surface area (Å²) in [5.41, 5.74) is 3.09. The van der Waals surface area contributed by atoms with Crippen LogP contribution in [0.15, 0.2) is 70.3 Å². The lowest BCUT2D eigenvalue weighted by Gasteiger charge is -2.21. The number of benzene rings is 1. The van der Waals surface area contributed by atoms with Crippen LogP contribution in [0.25, 0.3) is 0 Å². The molecule has 0 unspecified atom stereocenters. The molecule has 1 heterocycles. The molecule has 3 N–H and O–H groups in total. The van der Waals surface area contributed by atoms with Gasteiger partial charge in [-0.05, 0) is 68.9 Å². The normalized spacial score (nSPS) is 18.0. The topological polar surface area (TPSA) is 82.6 Å². The number of ketones is 1. The third-order valence-electron chi connectivity index (χ3n) is 4.75. The van der Waals surface area contributed by atoms with Gasteiger partial charge in [-0.3, -0.25) is 4.79 Å². The highest BCUT2D eigenvalue weighted by Gasteiger charge is 2.22. The first-order chi connectivity index (χ1) is 13.9. The van der Waals surface area contributed by atoms with Crippen molar-refractivity contribution in [1.29, 1.82) is 0 Å².